The van der Waals surface area contributed by atoms with Crippen LogP contribution in [0.25, 0.3) is 32.2 Å². The third-order valence-electron chi connectivity index (χ3n) is 6.56. The van der Waals surface area contributed by atoms with Crippen LogP contribution in [0.3, 0.4) is 0 Å². The Hall–Kier alpha value is -4.11. The summed E-state index contributed by atoms with van der Waals surface area (Å²) in [5.41, 5.74) is 8.82. The first-order valence-electron chi connectivity index (χ1n) is 11.9. The van der Waals surface area contributed by atoms with Crippen LogP contribution in [0.1, 0.15) is 34.8 Å². The molecule has 0 aliphatic carbocycles. The van der Waals surface area contributed by atoms with Gasteiger partial charge in [0.05, 0.1) is 16.6 Å². The van der Waals surface area contributed by atoms with Crippen molar-refractivity contribution >= 4 is 33.3 Å². The molecule has 0 saturated carbocycles. The van der Waals surface area contributed by atoms with Gasteiger partial charge >= 0.3 is 0 Å². The molecule has 0 radical (unpaired) electrons. The van der Waals surface area contributed by atoms with Gasteiger partial charge in [0.2, 0.25) is 0 Å². The van der Waals surface area contributed by atoms with Gasteiger partial charge in [-0.3, -0.25) is 14.5 Å². The van der Waals surface area contributed by atoms with Crippen LogP contribution < -0.4 is 10.6 Å². The van der Waals surface area contributed by atoms with Crippen molar-refractivity contribution in [2.75, 3.05) is 18.0 Å². The minimum Gasteiger partial charge on any atom is -0.365 e. The maximum atomic E-state index is 12.1. The SMILES string of the molecule is Cn1cc(C(N)=O)c(C2CCCN(c3nc(-c4ccccn4)nc4sc(-c5ccccc5)cc34)C2)n1. The van der Waals surface area contributed by atoms with E-state index in [2.05, 4.69) is 33.2 Å². The van der Waals surface area contributed by atoms with Crippen molar-refractivity contribution in [3.8, 4) is 22.0 Å². The Kier molecular flexibility index (Phi) is 5.69. The van der Waals surface area contributed by atoms with E-state index in [1.54, 1.807) is 28.4 Å². The summed E-state index contributed by atoms with van der Waals surface area (Å²) in [6.45, 7) is 1.56. The Morgan fingerprint density at radius 3 is 2.72 bits per heavy atom. The van der Waals surface area contributed by atoms with Gasteiger partial charge in [0.25, 0.3) is 5.91 Å². The van der Waals surface area contributed by atoms with E-state index >= 15 is 0 Å². The van der Waals surface area contributed by atoms with Crippen molar-refractivity contribution in [3.63, 3.8) is 0 Å². The maximum Gasteiger partial charge on any atom is 0.252 e. The summed E-state index contributed by atoms with van der Waals surface area (Å²) < 4.78 is 1.67. The zero-order chi connectivity index (χ0) is 24.6. The second kappa shape index (κ2) is 9.16. The number of primary amides is 1. The summed E-state index contributed by atoms with van der Waals surface area (Å²) in [5, 5.41) is 5.63. The molecule has 1 atom stereocenters. The number of fused-ring (bicyclic) bond motifs is 1. The van der Waals surface area contributed by atoms with Crippen molar-refractivity contribution in [3.05, 3.63) is 78.2 Å². The van der Waals surface area contributed by atoms with Crippen molar-refractivity contribution in [2.45, 2.75) is 18.8 Å². The van der Waals surface area contributed by atoms with Gasteiger partial charge in [-0.2, -0.15) is 5.10 Å². The van der Waals surface area contributed by atoms with Crippen LogP contribution in [-0.2, 0) is 7.05 Å². The van der Waals surface area contributed by atoms with Gasteiger partial charge in [-0.25, -0.2) is 9.97 Å². The van der Waals surface area contributed by atoms with Gasteiger partial charge in [0.1, 0.15) is 16.3 Å². The third-order valence-corrected chi connectivity index (χ3v) is 7.63. The van der Waals surface area contributed by atoms with Gasteiger partial charge in [-0.15, -0.1) is 11.3 Å². The molecular weight excluding hydrogens is 470 g/mol. The molecule has 2 N–H and O–H groups in total. The molecule has 1 aliphatic heterocycles. The second-order valence-electron chi connectivity index (χ2n) is 9.03. The highest BCUT2D eigenvalue weighted by molar-refractivity contribution is 7.22. The summed E-state index contributed by atoms with van der Waals surface area (Å²) in [6.07, 6.45) is 5.37. The Morgan fingerprint density at radius 1 is 1.11 bits per heavy atom. The molecule has 1 amide bonds. The number of carbonyl (C=O) groups is 1. The predicted octanol–water partition coefficient (Wildman–Crippen LogP) is 4.64. The summed E-state index contributed by atoms with van der Waals surface area (Å²) in [7, 11) is 1.82. The van der Waals surface area contributed by atoms with Crippen LogP contribution in [0.15, 0.2) is 67.0 Å². The first kappa shape index (κ1) is 22.4. The van der Waals surface area contributed by atoms with Gasteiger partial charge in [0, 0.05) is 43.3 Å². The molecule has 36 heavy (non-hydrogen) atoms. The number of rotatable bonds is 5. The molecule has 1 unspecified atom stereocenters. The smallest absolute Gasteiger partial charge is 0.252 e. The summed E-state index contributed by atoms with van der Waals surface area (Å²) >= 11 is 1.66. The van der Waals surface area contributed by atoms with E-state index in [0.717, 1.165) is 57.2 Å². The van der Waals surface area contributed by atoms with Crippen LogP contribution in [-0.4, -0.2) is 43.7 Å². The largest absolute Gasteiger partial charge is 0.365 e. The fourth-order valence-corrected chi connectivity index (χ4v) is 5.92. The molecular formula is C27H25N7OS. The maximum absolute atomic E-state index is 12.1. The molecule has 5 aromatic rings. The van der Waals surface area contributed by atoms with Gasteiger partial charge in [-0.1, -0.05) is 36.4 Å². The lowest BCUT2D eigenvalue weighted by Crippen LogP contribution is -2.36. The lowest BCUT2D eigenvalue weighted by atomic mass is 9.92. The molecule has 5 heterocycles. The fourth-order valence-electron chi connectivity index (χ4n) is 4.89. The molecule has 1 aliphatic rings. The molecule has 180 valence electrons. The van der Waals surface area contributed by atoms with E-state index in [1.807, 2.05) is 43.4 Å². The first-order chi connectivity index (χ1) is 17.6. The highest BCUT2D eigenvalue weighted by Crippen LogP contribution is 2.39. The predicted molar refractivity (Wildman–Crippen MR) is 142 cm³/mol. The molecule has 4 aromatic heterocycles. The van der Waals surface area contributed by atoms with Crippen molar-refractivity contribution in [1.29, 1.82) is 0 Å². The Morgan fingerprint density at radius 2 is 1.94 bits per heavy atom. The van der Waals surface area contributed by atoms with Gasteiger partial charge in [-0.05, 0) is 36.6 Å². The molecule has 1 saturated heterocycles. The number of pyridine rings is 1. The standard InChI is InChI=1S/C27H25N7OS/c1-33-16-20(24(28)35)23(32-33)18-10-7-13-34(15-18)26-19-14-22(17-8-3-2-4-9-17)36-27(19)31-25(30-26)21-11-5-6-12-29-21/h2-6,8-9,11-12,14,16,18H,7,10,13,15H2,1H3,(H2,28,35). The average Bonchev–Trinajstić information content (AvgIpc) is 3.53. The van der Waals surface area contributed by atoms with E-state index in [4.69, 9.17) is 15.7 Å². The molecule has 1 fully saturated rings. The number of anilines is 1. The molecule has 9 heteroatoms. The molecule has 0 spiro atoms. The third kappa shape index (κ3) is 4.11. The summed E-state index contributed by atoms with van der Waals surface area (Å²) in [6, 6.07) is 18.3. The number of nitrogens with zero attached hydrogens (tertiary/aromatic N) is 6. The highest BCUT2D eigenvalue weighted by Gasteiger charge is 2.29. The number of benzene rings is 1. The summed E-state index contributed by atoms with van der Waals surface area (Å²) in [5.74, 6) is 1.14. The van der Waals surface area contributed by atoms with E-state index in [1.165, 1.54) is 0 Å². The van der Waals surface area contributed by atoms with Crippen molar-refractivity contribution in [1.82, 2.24) is 24.7 Å². The number of hydrogen-bond acceptors (Lipinski definition) is 7. The minimum atomic E-state index is -0.442. The monoisotopic (exact) mass is 495 g/mol. The Balaban J connectivity index is 1.45. The number of piperidine rings is 1. The molecule has 0 bridgehead atoms. The van der Waals surface area contributed by atoms with Crippen LogP contribution in [0.4, 0.5) is 5.82 Å². The number of nitrogens with two attached hydrogens (primary N) is 1. The topological polar surface area (TPSA) is 103 Å². The van der Waals surface area contributed by atoms with Crippen molar-refractivity contribution < 1.29 is 4.79 Å². The number of hydrogen-bond donors (Lipinski definition) is 1. The van der Waals surface area contributed by atoms with Crippen molar-refractivity contribution in [2.24, 2.45) is 12.8 Å². The number of aryl methyl sites for hydroxylation is 1. The minimum absolute atomic E-state index is 0.0815. The summed E-state index contributed by atoms with van der Waals surface area (Å²) in [4.78, 5) is 30.9. The van der Waals surface area contributed by atoms with Crippen LogP contribution in [0.5, 0.6) is 0 Å². The zero-order valence-corrected chi connectivity index (χ0v) is 20.7. The number of aromatic nitrogens is 5. The molecule has 1 aromatic carbocycles. The number of thiophene rings is 1. The molecule has 8 nitrogen and oxygen atoms in total. The Labute approximate surface area is 212 Å². The van der Waals surface area contributed by atoms with Crippen LogP contribution in [0.2, 0.25) is 0 Å². The number of carbonyl (C=O) groups excluding carboxylic acids is 1. The lowest BCUT2D eigenvalue weighted by Gasteiger charge is -2.33. The fraction of sp³-hybridized carbons (Fsp3) is 0.222. The van der Waals surface area contributed by atoms with E-state index < -0.39 is 5.91 Å². The zero-order valence-electron chi connectivity index (χ0n) is 19.8. The second-order valence-corrected chi connectivity index (χ2v) is 10.1. The van der Waals surface area contributed by atoms with Crippen LogP contribution in [0, 0.1) is 0 Å². The van der Waals surface area contributed by atoms with Gasteiger partial charge < -0.3 is 10.6 Å². The van der Waals surface area contributed by atoms with E-state index in [9.17, 15) is 4.79 Å². The Bertz CT molecular complexity index is 1540. The number of amides is 1. The van der Waals surface area contributed by atoms with Gasteiger partial charge in [0.15, 0.2) is 5.82 Å². The quantitative estimate of drug-likeness (QED) is 0.381. The normalized spacial score (nSPS) is 15.9. The van der Waals surface area contributed by atoms with E-state index in [-0.39, 0.29) is 5.92 Å². The molecule has 6 rings (SSSR count). The highest BCUT2D eigenvalue weighted by atomic mass is 32.1. The lowest BCUT2D eigenvalue weighted by molar-refractivity contribution is 0.0998. The van der Waals surface area contributed by atoms with E-state index in [0.29, 0.717) is 17.9 Å². The average molecular weight is 496 g/mol. The first-order valence-corrected chi connectivity index (χ1v) is 12.7. The van der Waals surface area contributed by atoms with Crippen LogP contribution >= 0.6 is 11.3 Å².